The van der Waals surface area contributed by atoms with Crippen LogP contribution < -0.4 is 0 Å². The number of nitro groups is 1. The highest BCUT2D eigenvalue weighted by atomic mass is 35.5. The van der Waals surface area contributed by atoms with Crippen molar-refractivity contribution in [1.82, 2.24) is 9.80 Å². The van der Waals surface area contributed by atoms with Crippen molar-refractivity contribution >= 4 is 24.0 Å². The normalized spacial score (nSPS) is 15.8. The molecule has 27 heavy (non-hydrogen) atoms. The van der Waals surface area contributed by atoms with Gasteiger partial charge in [0.25, 0.3) is 5.69 Å². The van der Waals surface area contributed by atoms with Crippen molar-refractivity contribution in [2.45, 2.75) is 18.9 Å². The minimum atomic E-state index is -0.425. The summed E-state index contributed by atoms with van der Waals surface area (Å²) in [7, 11) is 3.98. The molecule has 1 amide bonds. The van der Waals surface area contributed by atoms with Crippen LogP contribution >= 0.6 is 12.4 Å². The van der Waals surface area contributed by atoms with E-state index in [-0.39, 0.29) is 36.5 Å². The van der Waals surface area contributed by atoms with Crippen molar-refractivity contribution in [3.63, 3.8) is 0 Å². The average Bonchev–Trinajstić information content (AvgIpc) is 2.61. The summed E-state index contributed by atoms with van der Waals surface area (Å²) in [4.78, 5) is 27.8. The Kier molecular flexibility index (Phi) is 6.93. The van der Waals surface area contributed by atoms with Gasteiger partial charge in [0.05, 0.1) is 17.4 Å². The Labute approximate surface area is 165 Å². The summed E-state index contributed by atoms with van der Waals surface area (Å²) in [5, 5.41) is 11.2. The highest BCUT2D eigenvalue weighted by molar-refractivity contribution is 5.85. The van der Waals surface area contributed by atoms with Crippen molar-refractivity contribution in [2.75, 3.05) is 27.2 Å². The van der Waals surface area contributed by atoms with E-state index >= 15 is 0 Å². The number of carbonyl (C=O) groups excluding carboxylic acids is 1. The first-order valence-corrected chi connectivity index (χ1v) is 8.71. The Balaban J connectivity index is 0.00000261. The van der Waals surface area contributed by atoms with E-state index in [1.807, 2.05) is 31.1 Å². The molecule has 0 aliphatic carbocycles. The van der Waals surface area contributed by atoms with Crippen molar-refractivity contribution in [1.29, 1.82) is 0 Å². The van der Waals surface area contributed by atoms with Gasteiger partial charge in [0, 0.05) is 24.7 Å². The summed E-state index contributed by atoms with van der Waals surface area (Å²) >= 11 is 0. The molecule has 1 aliphatic heterocycles. The highest BCUT2D eigenvalue weighted by Crippen LogP contribution is 2.31. The first-order valence-electron chi connectivity index (χ1n) is 8.71. The number of para-hydroxylation sites is 1. The first-order chi connectivity index (χ1) is 12.5. The van der Waals surface area contributed by atoms with Gasteiger partial charge in [-0.15, -0.1) is 12.4 Å². The summed E-state index contributed by atoms with van der Waals surface area (Å²) in [5.74, 6) is -0.0688. The number of rotatable bonds is 5. The van der Waals surface area contributed by atoms with Crippen LogP contribution in [-0.4, -0.2) is 47.8 Å². The molecule has 0 radical (unpaired) electrons. The lowest BCUT2D eigenvalue weighted by atomic mass is 9.91. The second kappa shape index (κ2) is 8.97. The minimum Gasteiger partial charge on any atom is -0.334 e. The Morgan fingerprint density at radius 1 is 1.19 bits per heavy atom. The lowest BCUT2D eigenvalue weighted by Crippen LogP contribution is -2.44. The summed E-state index contributed by atoms with van der Waals surface area (Å²) < 4.78 is 0. The fourth-order valence-electron chi connectivity index (χ4n) is 3.60. The van der Waals surface area contributed by atoms with Gasteiger partial charge in [-0.1, -0.05) is 42.5 Å². The van der Waals surface area contributed by atoms with Crippen LogP contribution in [-0.2, 0) is 17.6 Å². The zero-order valence-electron chi connectivity index (χ0n) is 15.5. The van der Waals surface area contributed by atoms with Gasteiger partial charge >= 0.3 is 0 Å². The van der Waals surface area contributed by atoms with Gasteiger partial charge < -0.3 is 9.80 Å². The van der Waals surface area contributed by atoms with Crippen LogP contribution in [0.5, 0.6) is 0 Å². The summed E-state index contributed by atoms with van der Waals surface area (Å²) in [6.07, 6.45) is 0.853. The minimum absolute atomic E-state index is 0. The molecule has 0 N–H and O–H groups in total. The number of amides is 1. The Bertz CT molecular complexity index is 826. The maximum absolute atomic E-state index is 13.0. The van der Waals surface area contributed by atoms with Gasteiger partial charge in [-0.2, -0.15) is 0 Å². The number of carbonyl (C=O) groups is 1. The number of hydrogen-bond donors (Lipinski definition) is 0. The van der Waals surface area contributed by atoms with Crippen LogP contribution in [0.3, 0.4) is 0 Å². The maximum Gasteiger partial charge on any atom is 0.273 e. The van der Waals surface area contributed by atoms with Crippen LogP contribution in [0.15, 0.2) is 48.5 Å². The molecule has 6 nitrogen and oxygen atoms in total. The van der Waals surface area contributed by atoms with Crippen LogP contribution in [0.2, 0.25) is 0 Å². The van der Waals surface area contributed by atoms with E-state index in [1.165, 1.54) is 17.2 Å². The zero-order chi connectivity index (χ0) is 18.7. The molecular weight excluding hydrogens is 366 g/mol. The molecule has 2 aromatic carbocycles. The quantitative estimate of drug-likeness (QED) is 0.581. The molecule has 7 heteroatoms. The van der Waals surface area contributed by atoms with Crippen molar-refractivity contribution in [3.05, 3.63) is 75.3 Å². The molecular formula is C20H24ClN3O3. The number of halogens is 1. The third-order valence-electron chi connectivity index (χ3n) is 4.80. The highest BCUT2D eigenvalue weighted by Gasteiger charge is 2.31. The molecule has 0 aromatic heterocycles. The molecule has 1 atom stereocenters. The topological polar surface area (TPSA) is 66.7 Å². The molecule has 0 saturated heterocycles. The van der Waals surface area contributed by atoms with Gasteiger partial charge in [-0.05, 0) is 31.6 Å². The third-order valence-corrected chi connectivity index (χ3v) is 4.80. The molecule has 144 valence electrons. The van der Waals surface area contributed by atoms with E-state index in [0.29, 0.717) is 12.1 Å². The molecule has 0 spiro atoms. The van der Waals surface area contributed by atoms with Crippen molar-refractivity contribution in [3.8, 4) is 0 Å². The third kappa shape index (κ3) is 4.64. The lowest BCUT2D eigenvalue weighted by Gasteiger charge is -2.39. The summed E-state index contributed by atoms with van der Waals surface area (Å²) in [5.41, 5.74) is 2.91. The zero-order valence-corrected chi connectivity index (χ0v) is 16.3. The molecule has 0 bridgehead atoms. The number of nitrogens with zero attached hydrogens (tertiary/aromatic N) is 3. The maximum atomic E-state index is 13.0. The van der Waals surface area contributed by atoms with Crippen LogP contribution in [0.4, 0.5) is 5.69 Å². The smallest absolute Gasteiger partial charge is 0.273 e. The van der Waals surface area contributed by atoms with E-state index in [1.54, 1.807) is 18.2 Å². The van der Waals surface area contributed by atoms with E-state index < -0.39 is 4.92 Å². The number of benzene rings is 2. The van der Waals surface area contributed by atoms with Gasteiger partial charge in [0.2, 0.25) is 5.91 Å². The van der Waals surface area contributed by atoms with Crippen molar-refractivity contribution in [2.24, 2.45) is 0 Å². The van der Waals surface area contributed by atoms with Crippen LogP contribution in [0.25, 0.3) is 0 Å². The monoisotopic (exact) mass is 389 g/mol. The van der Waals surface area contributed by atoms with Gasteiger partial charge in [0.1, 0.15) is 0 Å². The number of fused-ring (bicyclic) bond motifs is 1. The van der Waals surface area contributed by atoms with Gasteiger partial charge in [-0.25, -0.2) is 0 Å². The average molecular weight is 390 g/mol. The van der Waals surface area contributed by atoms with E-state index in [0.717, 1.165) is 13.0 Å². The standard InChI is InChI=1S/C20H23N3O3.ClH/c1-21(2)14-19-17-9-5-3-7-15(17)11-12-22(19)20(24)13-16-8-4-6-10-18(16)23(25)26;/h3-10,19H,11-14H2,1-2H3;1H. The SMILES string of the molecule is CN(C)CC1c2ccccc2CCN1C(=O)Cc1ccccc1[N+](=O)[O-].Cl. The van der Waals surface area contributed by atoms with Crippen molar-refractivity contribution < 1.29 is 9.72 Å². The second-order valence-electron chi connectivity index (χ2n) is 6.88. The largest absolute Gasteiger partial charge is 0.334 e. The molecule has 1 heterocycles. The predicted molar refractivity (Wildman–Crippen MR) is 107 cm³/mol. The molecule has 0 saturated carbocycles. The first kappa shape index (κ1) is 20.9. The Hall–Kier alpha value is -2.44. The molecule has 1 unspecified atom stereocenters. The number of likely N-dealkylation sites (N-methyl/N-ethyl adjacent to an activating group) is 1. The van der Waals surface area contributed by atoms with E-state index in [2.05, 4.69) is 17.0 Å². The summed E-state index contributed by atoms with van der Waals surface area (Å²) in [6, 6.07) is 14.6. The molecule has 3 rings (SSSR count). The van der Waals surface area contributed by atoms with Crippen LogP contribution in [0, 0.1) is 10.1 Å². The molecule has 1 aliphatic rings. The Morgan fingerprint density at radius 2 is 1.85 bits per heavy atom. The number of nitro benzene ring substituents is 1. The van der Waals surface area contributed by atoms with E-state index in [4.69, 9.17) is 0 Å². The lowest BCUT2D eigenvalue weighted by molar-refractivity contribution is -0.385. The molecule has 0 fully saturated rings. The molecule has 2 aromatic rings. The van der Waals surface area contributed by atoms with Gasteiger partial charge in [-0.3, -0.25) is 14.9 Å². The summed E-state index contributed by atoms with van der Waals surface area (Å²) in [6.45, 7) is 1.36. The number of hydrogen-bond acceptors (Lipinski definition) is 4. The Morgan fingerprint density at radius 3 is 2.56 bits per heavy atom. The fourth-order valence-corrected chi connectivity index (χ4v) is 3.60. The van der Waals surface area contributed by atoms with Crippen LogP contribution in [0.1, 0.15) is 22.7 Å². The van der Waals surface area contributed by atoms with E-state index in [9.17, 15) is 14.9 Å². The van der Waals surface area contributed by atoms with Gasteiger partial charge in [0.15, 0.2) is 0 Å². The second-order valence-corrected chi connectivity index (χ2v) is 6.88. The fraction of sp³-hybridized carbons (Fsp3) is 0.350. The predicted octanol–water partition coefficient (Wildman–Crippen LogP) is 3.25.